The summed E-state index contributed by atoms with van der Waals surface area (Å²) >= 11 is 0. The third kappa shape index (κ3) is 5.16. The van der Waals surface area contributed by atoms with E-state index >= 15 is 8.78 Å². The Kier molecular flexibility index (Phi) is 7.68. The average molecular weight is 675 g/mol. The number of pyridine rings is 2. The van der Waals surface area contributed by atoms with Crippen molar-refractivity contribution in [3.8, 4) is 23.0 Å². The number of halogens is 6. The lowest BCUT2D eigenvalue weighted by molar-refractivity contribution is -0.137. The van der Waals surface area contributed by atoms with Crippen molar-refractivity contribution in [2.75, 3.05) is 49.2 Å². The second-order valence-electron chi connectivity index (χ2n) is 12.5. The van der Waals surface area contributed by atoms with E-state index in [1.165, 1.54) is 6.20 Å². The summed E-state index contributed by atoms with van der Waals surface area (Å²) in [5.41, 5.74) is 7.51. The fraction of sp³-hybridized carbons (Fsp3) is 0.438. The molecule has 1 aromatic carbocycles. The quantitative estimate of drug-likeness (QED) is 0.243. The summed E-state index contributed by atoms with van der Waals surface area (Å²) in [4.78, 5) is 20.5. The molecule has 3 atom stereocenters. The van der Waals surface area contributed by atoms with Gasteiger partial charge in [0.1, 0.15) is 42.4 Å². The molecule has 3 aromatic heterocycles. The molecule has 3 aliphatic rings. The largest absolute Gasteiger partial charge is 0.488 e. The Balaban J connectivity index is 1.46. The smallest absolute Gasteiger partial charge is 0.418 e. The molecule has 0 bridgehead atoms. The molecule has 0 radical (unpaired) electrons. The molecule has 0 unspecified atom stereocenters. The molecule has 10 nitrogen and oxygen atoms in total. The van der Waals surface area contributed by atoms with E-state index in [4.69, 9.17) is 20.9 Å². The molecule has 4 aromatic rings. The summed E-state index contributed by atoms with van der Waals surface area (Å²) in [6, 6.07) is 3.51. The van der Waals surface area contributed by atoms with E-state index in [2.05, 4.69) is 19.9 Å². The first kappa shape index (κ1) is 32.0. The van der Waals surface area contributed by atoms with Crippen LogP contribution in [0.1, 0.15) is 48.9 Å². The minimum atomic E-state index is -5.04. The average Bonchev–Trinajstić information content (AvgIpc) is 3.46. The van der Waals surface area contributed by atoms with Crippen LogP contribution in [0.15, 0.2) is 24.4 Å². The van der Waals surface area contributed by atoms with Crippen molar-refractivity contribution >= 4 is 28.4 Å². The van der Waals surface area contributed by atoms with E-state index in [1.54, 1.807) is 24.0 Å². The van der Waals surface area contributed by atoms with Crippen LogP contribution in [0.25, 0.3) is 22.2 Å². The Hall–Kier alpha value is -4.60. The molecule has 2 saturated heterocycles. The second kappa shape index (κ2) is 11.5. The number of hydrogen-bond acceptors (Lipinski definition) is 10. The van der Waals surface area contributed by atoms with Crippen LogP contribution in [0.3, 0.4) is 0 Å². The highest BCUT2D eigenvalue weighted by Crippen LogP contribution is 2.48. The van der Waals surface area contributed by atoms with Crippen LogP contribution in [0.4, 0.5) is 43.8 Å². The van der Waals surface area contributed by atoms with Crippen molar-refractivity contribution < 1.29 is 35.8 Å². The normalized spacial score (nSPS) is 21.7. The number of aryl methyl sites for hydroxylation is 1. The number of benzene rings is 1. The Morgan fingerprint density at radius 2 is 1.94 bits per heavy atom. The van der Waals surface area contributed by atoms with E-state index in [0.717, 1.165) is 19.4 Å². The standard InChI is InChI=1S/C32H32F6N8O2/c1-15-11-19(39)42-25(22(15)32(36,37)38)20-23(34)26-21-27(24(20)35)47-10-9-46(16(2)18-5-3-7-41-28(18)40)29(21)44-30(43-26)48-14-31-6-4-8-45(31)13-17(33)12-31/h3,5,7,11,16-17H,4,6,8-10,12-14H2,1-2H3,(H2,39,42)(H2,40,41)/t16-,17-,31+/m1/s1. The summed E-state index contributed by atoms with van der Waals surface area (Å²) in [5, 5.41) is -0.215. The van der Waals surface area contributed by atoms with Gasteiger partial charge in [-0.2, -0.15) is 23.1 Å². The number of ether oxygens (including phenoxy) is 2. The van der Waals surface area contributed by atoms with Crippen molar-refractivity contribution in [1.29, 1.82) is 0 Å². The number of rotatable bonds is 6. The summed E-state index contributed by atoms with van der Waals surface area (Å²) in [5.74, 6) is -3.56. The molecule has 16 heteroatoms. The van der Waals surface area contributed by atoms with Crippen molar-refractivity contribution in [2.24, 2.45) is 0 Å². The van der Waals surface area contributed by atoms with Crippen LogP contribution in [0, 0.1) is 18.6 Å². The Labute approximate surface area is 271 Å². The third-order valence-corrected chi connectivity index (χ3v) is 9.57. The van der Waals surface area contributed by atoms with Gasteiger partial charge in [0.2, 0.25) is 0 Å². The Bertz CT molecular complexity index is 1930. The fourth-order valence-corrected chi connectivity index (χ4v) is 7.42. The second-order valence-corrected chi connectivity index (χ2v) is 12.5. The molecule has 4 N–H and O–H groups in total. The maximum absolute atomic E-state index is 16.8. The zero-order chi connectivity index (χ0) is 34.1. The predicted molar refractivity (Wildman–Crippen MR) is 165 cm³/mol. The lowest BCUT2D eigenvalue weighted by Gasteiger charge is -2.32. The van der Waals surface area contributed by atoms with Crippen LogP contribution in [-0.2, 0) is 6.18 Å². The first-order valence-corrected chi connectivity index (χ1v) is 15.5. The first-order valence-electron chi connectivity index (χ1n) is 15.5. The van der Waals surface area contributed by atoms with E-state index in [1.807, 2.05) is 4.90 Å². The highest BCUT2D eigenvalue weighted by atomic mass is 19.4. The van der Waals surface area contributed by atoms with Crippen molar-refractivity contribution in [1.82, 2.24) is 24.8 Å². The number of nitrogens with zero attached hydrogens (tertiary/aromatic N) is 6. The fourth-order valence-electron chi connectivity index (χ4n) is 7.42. The monoisotopic (exact) mass is 674 g/mol. The van der Waals surface area contributed by atoms with Crippen LogP contribution < -0.4 is 25.8 Å². The lowest BCUT2D eigenvalue weighted by atomic mass is 9.95. The molecule has 0 saturated carbocycles. The van der Waals surface area contributed by atoms with Gasteiger partial charge in [-0.15, -0.1) is 0 Å². The molecule has 3 aliphatic heterocycles. The summed E-state index contributed by atoms with van der Waals surface area (Å²) in [6.07, 6.45) is -2.82. The number of anilines is 3. The summed E-state index contributed by atoms with van der Waals surface area (Å²) < 4.78 is 103. The Morgan fingerprint density at radius 3 is 2.69 bits per heavy atom. The minimum Gasteiger partial charge on any atom is -0.488 e. The Morgan fingerprint density at radius 1 is 1.15 bits per heavy atom. The molecule has 254 valence electrons. The van der Waals surface area contributed by atoms with Crippen molar-refractivity contribution in [2.45, 2.75) is 57.0 Å². The number of hydrogen-bond donors (Lipinski definition) is 2. The van der Waals surface area contributed by atoms with Crippen molar-refractivity contribution in [3.63, 3.8) is 0 Å². The maximum Gasteiger partial charge on any atom is 0.418 e. The molecular weight excluding hydrogens is 642 g/mol. The van der Waals surface area contributed by atoms with Gasteiger partial charge in [-0.05, 0) is 50.9 Å². The molecule has 2 fully saturated rings. The van der Waals surface area contributed by atoms with Gasteiger partial charge in [0.15, 0.2) is 17.4 Å². The topological polar surface area (TPSA) is 129 Å². The van der Waals surface area contributed by atoms with Crippen molar-refractivity contribution in [3.05, 3.63) is 52.7 Å². The van der Waals surface area contributed by atoms with Gasteiger partial charge in [-0.3, -0.25) is 4.90 Å². The molecule has 7 rings (SSSR count). The molecular formula is C32H32F6N8O2. The van der Waals surface area contributed by atoms with Gasteiger partial charge in [0, 0.05) is 24.7 Å². The highest BCUT2D eigenvalue weighted by Gasteiger charge is 2.49. The highest BCUT2D eigenvalue weighted by molar-refractivity contribution is 5.99. The van der Waals surface area contributed by atoms with E-state index in [9.17, 15) is 17.6 Å². The minimum absolute atomic E-state index is 0.00549. The van der Waals surface area contributed by atoms with Gasteiger partial charge in [-0.1, -0.05) is 6.07 Å². The number of nitrogens with two attached hydrogens (primary N) is 2. The van der Waals surface area contributed by atoms with Gasteiger partial charge in [-0.25, -0.2) is 23.1 Å². The first-order chi connectivity index (χ1) is 22.8. The number of aromatic nitrogens is 4. The maximum atomic E-state index is 16.8. The van der Waals surface area contributed by atoms with Crippen LogP contribution in [0.5, 0.6) is 11.8 Å². The van der Waals surface area contributed by atoms with Gasteiger partial charge in [0.25, 0.3) is 0 Å². The zero-order valence-corrected chi connectivity index (χ0v) is 26.0. The van der Waals surface area contributed by atoms with E-state index < -0.39 is 63.7 Å². The SMILES string of the molecule is Cc1cc(N)nc(-c2c(F)c3c4c(nc(OC[C@@]56CCCN5C[C@H](F)C6)nc4c2F)N([C@H](C)c2cccnc2N)CCO3)c1C(F)(F)F. The van der Waals surface area contributed by atoms with Gasteiger partial charge >= 0.3 is 12.2 Å². The number of alkyl halides is 4. The van der Waals surface area contributed by atoms with E-state index in [-0.39, 0.29) is 67.1 Å². The molecule has 0 aliphatic carbocycles. The molecule has 48 heavy (non-hydrogen) atoms. The molecule has 0 amide bonds. The predicted octanol–water partition coefficient (Wildman–Crippen LogP) is 5.77. The zero-order valence-electron chi connectivity index (χ0n) is 26.0. The third-order valence-electron chi connectivity index (χ3n) is 9.57. The lowest BCUT2D eigenvalue weighted by Crippen LogP contribution is -2.43. The van der Waals surface area contributed by atoms with Crippen LogP contribution in [0.2, 0.25) is 0 Å². The van der Waals surface area contributed by atoms with Crippen LogP contribution >= 0.6 is 0 Å². The summed E-state index contributed by atoms with van der Waals surface area (Å²) in [6.45, 7) is 3.76. The summed E-state index contributed by atoms with van der Waals surface area (Å²) in [7, 11) is 0. The van der Waals surface area contributed by atoms with Crippen LogP contribution in [-0.4, -0.2) is 69.4 Å². The number of nitrogen functional groups attached to an aromatic ring is 2. The van der Waals surface area contributed by atoms with Gasteiger partial charge < -0.3 is 25.8 Å². The van der Waals surface area contributed by atoms with Gasteiger partial charge in [0.05, 0.1) is 40.3 Å². The van der Waals surface area contributed by atoms with E-state index in [0.29, 0.717) is 18.5 Å². The molecule has 0 spiro atoms. The molecule has 6 heterocycles. The number of fused-ring (bicyclic) bond motifs is 1.